The Morgan fingerprint density at radius 3 is 2.48 bits per heavy atom. The third kappa shape index (κ3) is 5.73. The van der Waals surface area contributed by atoms with E-state index in [0.29, 0.717) is 12.3 Å². The van der Waals surface area contributed by atoms with Crippen LogP contribution in [0.25, 0.3) is 0 Å². The molecule has 0 bridgehead atoms. The standard InChI is InChI=1S/C21H30N4O4/c1-5-6-11-24-19(22)18(20(27)23-21(24)28)25(12-14(2)3)17(26)13-29-16-9-7-15(4)8-10-16/h7-10,14H,5-6,11-13,22H2,1-4H3,(H,23,27,28). The van der Waals surface area contributed by atoms with Gasteiger partial charge in [0, 0.05) is 13.1 Å². The maximum atomic E-state index is 12.9. The number of nitrogen functional groups attached to an aromatic ring is 1. The topological polar surface area (TPSA) is 110 Å². The minimum absolute atomic E-state index is 0.00321. The molecule has 3 N–H and O–H groups in total. The number of anilines is 2. The van der Waals surface area contributed by atoms with Crippen molar-refractivity contribution >= 4 is 17.4 Å². The third-order valence-corrected chi connectivity index (χ3v) is 4.45. The van der Waals surface area contributed by atoms with Gasteiger partial charge in [0.15, 0.2) is 12.3 Å². The molecule has 8 nitrogen and oxygen atoms in total. The molecule has 0 aliphatic carbocycles. The lowest BCUT2D eigenvalue weighted by Gasteiger charge is -2.26. The van der Waals surface area contributed by atoms with Gasteiger partial charge >= 0.3 is 5.69 Å². The van der Waals surface area contributed by atoms with Crippen LogP contribution in [0.4, 0.5) is 11.5 Å². The normalized spacial score (nSPS) is 10.9. The molecule has 0 atom stereocenters. The third-order valence-electron chi connectivity index (χ3n) is 4.45. The number of nitrogens with one attached hydrogen (secondary N) is 1. The van der Waals surface area contributed by atoms with Crippen LogP contribution in [0, 0.1) is 12.8 Å². The van der Waals surface area contributed by atoms with Crippen molar-refractivity contribution in [1.82, 2.24) is 9.55 Å². The molecule has 1 heterocycles. The summed E-state index contributed by atoms with van der Waals surface area (Å²) in [5.41, 5.74) is 6.00. The predicted molar refractivity (Wildman–Crippen MR) is 115 cm³/mol. The average Bonchev–Trinajstić information content (AvgIpc) is 2.66. The van der Waals surface area contributed by atoms with Crippen LogP contribution in [-0.4, -0.2) is 28.6 Å². The number of nitrogens with zero attached hydrogens (tertiary/aromatic N) is 2. The number of benzene rings is 1. The number of carbonyl (C=O) groups is 1. The monoisotopic (exact) mass is 402 g/mol. The van der Waals surface area contributed by atoms with E-state index in [0.717, 1.165) is 18.4 Å². The fraction of sp³-hybridized carbons (Fsp3) is 0.476. The van der Waals surface area contributed by atoms with Gasteiger partial charge in [0.05, 0.1) is 0 Å². The van der Waals surface area contributed by atoms with Crippen LogP contribution in [0.1, 0.15) is 39.2 Å². The summed E-state index contributed by atoms with van der Waals surface area (Å²) in [7, 11) is 0. The van der Waals surface area contributed by atoms with Gasteiger partial charge in [0.25, 0.3) is 11.5 Å². The first-order chi connectivity index (χ1) is 13.7. The van der Waals surface area contributed by atoms with E-state index in [4.69, 9.17) is 10.5 Å². The first-order valence-corrected chi connectivity index (χ1v) is 9.87. The first kappa shape index (κ1) is 22.3. The highest BCUT2D eigenvalue weighted by Gasteiger charge is 2.25. The van der Waals surface area contributed by atoms with E-state index in [1.54, 1.807) is 12.1 Å². The van der Waals surface area contributed by atoms with E-state index >= 15 is 0 Å². The van der Waals surface area contributed by atoms with Crippen molar-refractivity contribution in [2.24, 2.45) is 5.92 Å². The van der Waals surface area contributed by atoms with Crippen molar-refractivity contribution < 1.29 is 9.53 Å². The summed E-state index contributed by atoms with van der Waals surface area (Å²) in [6, 6.07) is 7.33. The lowest BCUT2D eigenvalue weighted by molar-refractivity contribution is -0.120. The summed E-state index contributed by atoms with van der Waals surface area (Å²) in [6.45, 7) is 8.20. The SMILES string of the molecule is CCCCn1c(N)c(N(CC(C)C)C(=O)COc2ccc(C)cc2)c(=O)[nH]c1=O. The lowest BCUT2D eigenvalue weighted by Crippen LogP contribution is -2.44. The molecule has 0 aliphatic heterocycles. The van der Waals surface area contributed by atoms with Crippen LogP contribution >= 0.6 is 0 Å². The quantitative estimate of drug-likeness (QED) is 0.669. The van der Waals surface area contributed by atoms with E-state index in [-0.39, 0.29) is 30.6 Å². The summed E-state index contributed by atoms with van der Waals surface area (Å²) in [5, 5.41) is 0. The molecule has 0 saturated carbocycles. The van der Waals surface area contributed by atoms with Crippen LogP contribution in [0.2, 0.25) is 0 Å². The lowest BCUT2D eigenvalue weighted by atomic mass is 10.2. The number of ether oxygens (including phenoxy) is 1. The van der Waals surface area contributed by atoms with Crippen LogP contribution in [-0.2, 0) is 11.3 Å². The number of rotatable bonds is 9. The zero-order valence-electron chi connectivity index (χ0n) is 17.5. The molecule has 2 rings (SSSR count). The molecule has 29 heavy (non-hydrogen) atoms. The molecule has 0 spiro atoms. The minimum atomic E-state index is -0.676. The van der Waals surface area contributed by atoms with Gasteiger partial charge in [0.2, 0.25) is 0 Å². The van der Waals surface area contributed by atoms with Crippen molar-refractivity contribution in [2.45, 2.75) is 47.1 Å². The van der Waals surface area contributed by atoms with Crippen molar-refractivity contribution in [3.8, 4) is 5.75 Å². The number of nitrogens with two attached hydrogens (primary N) is 1. The van der Waals surface area contributed by atoms with Gasteiger partial charge in [-0.05, 0) is 31.4 Å². The van der Waals surface area contributed by atoms with E-state index in [1.807, 2.05) is 39.8 Å². The Balaban J connectivity index is 2.35. The molecule has 0 saturated heterocycles. The number of carbonyl (C=O) groups excluding carboxylic acids is 1. The van der Waals surface area contributed by atoms with Crippen molar-refractivity contribution in [3.05, 3.63) is 50.7 Å². The maximum absolute atomic E-state index is 12.9. The molecule has 0 aliphatic rings. The Morgan fingerprint density at radius 1 is 1.24 bits per heavy atom. The molecule has 0 unspecified atom stereocenters. The summed E-state index contributed by atoms with van der Waals surface area (Å²) < 4.78 is 6.90. The summed E-state index contributed by atoms with van der Waals surface area (Å²) in [6.07, 6.45) is 1.59. The Morgan fingerprint density at radius 2 is 1.90 bits per heavy atom. The van der Waals surface area contributed by atoms with E-state index in [1.165, 1.54) is 9.47 Å². The van der Waals surface area contributed by atoms with Crippen LogP contribution in [0.3, 0.4) is 0 Å². The van der Waals surface area contributed by atoms with Gasteiger partial charge in [-0.15, -0.1) is 0 Å². The molecule has 8 heteroatoms. The smallest absolute Gasteiger partial charge is 0.330 e. The summed E-state index contributed by atoms with van der Waals surface area (Å²) in [5.74, 6) is 0.227. The Hall–Kier alpha value is -3.03. The molecule has 2 aromatic rings. The maximum Gasteiger partial charge on any atom is 0.330 e. The molecule has 158 valence electrons. The highest BCUT2D eigenvalue weighted by molar-refractivity contribution is 5.96. The van der Waals surface area contributed by atoms with Gasteiger partial charge < -0.3 is 15.4 Å². The van der Waals surface area contributed by atoms with Gasteiger partial charge in [-0.25, -0.2) is 4.79 Å². The Bertz CT molecular complexity index is 945. The predicted octanol–water partition coefficient (Wildman–Crippen LogP) is 2.30. The molecule has 1 aromatic heterocycles. The van der Waals surface area contributed by atoms with E-state index < -0.39 is 17.2 Å². The number of amides is 1. The van der Waals surface area contributed by atoms with Gasteiger partial charge in [-0.2, -0.15) is 0 Å². The number of hydrogen-bond acceptors (Lipinski definition) is 5. The van der Waals surface area contributed by atoms with E-state index in [9.17, 15) is 14.4 Å². The molecule has 0 fully saturated rings. The highest BCUT2D eigenvalue weighted by Crippen LogP contribution is 2.19. The summed E-state index contributed by atoms with van der Waals surface area (Å²) in [4.78, 5) is 41.3. The second-order valence-electron chi connectivity index (χ2n) is 7.50. The Kier molecular flexibility index (Phi) is 7.64. The average molecular weight is 402 g/mol. The van der Waals surface area contributed by atoms with E-state index in [2.05, 4.69) is 4.98 Å². The van der Waals surface area contributed by atoms with Crippen molar-refractivity contribution in [2.75, 3.05) is 23.8 Å². The van der Waals surface area contributed by atoms with Gasteiger partial charge in [-0.3, -0.25) is 19.1 Å². The molecule has 1 amide bonds. The zero-order chi connectivity index (χ0) is 21.6. The van der Waals surface area contributed by atoms with Crippen LogP contribution in [0.15, 0.2) is 33.9 Å². The van der Waals surface area contributed by atoms with Crippen molar-refractivity contribution in [1.29, 1.82) is 0 Å². The highest BCUT2D eigenvalue weighted by atomic mass is 16.5. The number of H-pyrrole nitrogens is 1. The fourth-order valence-electron chi connectivity index (χ4n) is 2.92. The number of aromatic nitrogens is 2. The summed E-state index contributed by atoms with van der Waals surface area (Å²) >= 11 is 0. The molecular weight excluding hydrogens is 372 g/mol. The number of hydrogen-bond donors (Lipinski definition) is 2. The zero-order valence-corrected chi connectivity index (χ0v) is 17.5. The van der Waals surface area contributed by atoms with Gasteiger partial charge in [-0.1, -0.05) is 44.9 Å². The van der Waals surface area contributed by atoms with Crippen LogP contribution in [0.5, 0.6) is 5.75 Å². The van der Waals surface area contributed by atoms with Crippen LogP contribution < -0.4 is 26.6 Å². The second kappa shape index (κ2) is 9.95. The molecule has 1 aromatic carbocycles. The Labute approximate surface area is 170 Å². The van der Waals surface area contributed by atoms with Gasteiger partial charge in [0.1, 0.15) is 11.6 Å². The minimum Gasteiger partial charge on any atom is -0.484 e. The largest absolute Gasteiger partial charge is 0.484 e. The molecular formula is C21H30N4O4. The number of aromatic amines is 1. The second-order valence-corrected chi connectivity index (χ2v) is 7.50. The number of aryl methyl sites for hydroxylation is 1. The fourth-order valence-corrected chi connectivity index (χ4v) is 2.92. The van der Waals surface area contributed by atoms with Crippen molar-refractivity contribution in [3.63, 3.8) is 0 Å². The molecule has 0 radical (unpaired) electrons. The number of unbranched alkanes of at least 4 members (excludes halogenated alkanes) is 1. The first-order valence-electron chi connectivity index (χ1n) is 9.87.